The summed E-state index contributed by atoms with van der Waals surface area (Å²) in [7, 11) is 0. The van der Waals surface area contributed by atoms with Gasteiger partial charge in [0, 0.05) is 6.54 Å². The van der Waals surface area contributed by atoms with E-state index in [0.29, 0.717) is 10.8 Å². The van der Waals surface area contributed by atoms with Gasteiger partial charge in [-0.3, -0.25) is 10.1 Å². The monoisotopic (exact) mass is 277 g/mol. The van der Waals surface area contributed by atoms with Crippen LogP contribution in [0.25, 0.3) is 0 Å². The highest BCUT2D eigenvalue weighted by molar-refractivity contribution is 7.15. The van der Waals surface area contributed by atoms with Gasteiger partial charge in [-0.1, -0.05) is 18.3 Å². The quantitative estimate of drug-likeness (QED) is 0.875. The standard InChI is InChI=1S/C12H15N5OS/c1-3-10-16-17-12(19-10)15-11(18)9-6-5-8(7-14-9)13-4-2/h5-7,13H,3-4H2,1-2H3,(H,15,17,18). The minimum absolute atomic E-state index is 0.276. The van der Waals surface area contributed by atoms with E-state index in [9.17, 15) is 4.79 Å². The van der Waals surface area contributed by atoms with Crippen LogP contribution < -0.4 is 10.6 Å². The average molecular weight is 277 g/mol. The van der Waals surface area contributed by atoms with Crippen LogP contribution in [0.1, 0.15) is 29.3 Å². The second-order valence-electron chi connectivity index (χ2n) is 3.77. The van der Waals surface area contributed by atoms with Gasteiger partial charge < -0.3 is 5.32 Å². The number of nitrogens with one attached hydrogen (secondary N) is 2. The zero-order chi connectivity index (χ0) is 13.7. The van der Waals surface area contributed by atoms with Gasteiger partial charge in [-0.2, -0.15) is 0 Å². The number of anilines is 2. The van der Waals surface area contributed by atoms with E-state index in [1.807, 2.05) is 19.9 Å². The van der Waals surface area contributed by atoms with Crippen LogP contribution in [0.4, 0.5) is 10.8 Å². The number of nitrogens with zero attached hydrogens (tertiary/aromatic N) is 3. The molecule has 1 amide bonds. The van der Waals surface area contributed by atoms with Crippen molar-refractivity contribution in [2.24, 2.45) is 0 Å². The largest absolute Gasteiger partial charge is 0.384 e. The van der Waals surface area contributed by atoms with Crippen molar-refractivity contribution in [1.29, 1.82) is 0 Å². The van der Waals surface area contributed by atoms with E-state index in [4.69, 9.17) is 0 Å². The van der Waals surface area contributed by atoms with Crippen LogP contribution in [0.5, 0.6) is 0 Å². The Bertz CT molecular complexity index is 552. The van der Waals surface area contributed by atoms with E-state index in [0.717, 1.165) is 23.7 Å². The first-order chi connectivity index (χ1) is 9.22. The maximum absolute atomic E-state index is 11.9. The molecule has 19 heavy (non-hydrogen) atoms. The summed E-state index contributed by atoms with van der Waals surface area (Å²) in [5.74, 6) is -0.276. The minimum Gasteiger partial charge on any atom is -0.384 e. The van der Waals surface area contributed by atoms with Crippen LogP contribution in [-0.2, 0) is 6.42 Å². The Morgan fingerprint density at radius 1 is 1.32 bits per heavy atom. The van der Waals surface area contributed by atoms with Gasteiger partial charge in [0.15, 0.2) is 0 Å². The van der Waals surface area contributed by atoms with Gasteiger partial charge in [-0.15, -0.1) is 10.2 Å². The Morgan fingerprint density at radius 2 is 2.16 bits per heavy atom. The summed E-state index contributed by atoms with van der Waals surface area (Å²) in [6, 6.07) is 3.50. The number of aryl methyl sites for hydroxylation is 1. The number of aromatic nitrogens is 3. The van der Waals surface area contributed by atoms with Gasteiger partial charge in [0.05, 0.1) is 11.9 Å². The van der Waals surface area contributed by atoms with Crippen molar-refractivity contribution >= 4 is 28.1 Å². The van der Waals surface area contributed by atoms with Gasteiger partial charge in [-0.25, -0.2) is 4.98 Å². The van der Waals surface area contributed by atoms with E-state index >= 15 is 0 Å². The molecule has 0 aliphatic heterocycles. The number of pyridine rings is 1. The smallest absolute Gasteiger partial charge is 0.276 e. The summed E-state index contributed by atoms with van der Waals surface area (Å²) in [5, 5.41) is 15.0. The van der Waals surface area contributed by atoms with Crippen molar-refractivity contribution in [3.05, 3.63) is 29.0 Å². The van der Waals surface area contributed by atoms with E-state index in [-0.39, 0.29) is 5.91 Å². The Morgan fingerprint density at radius 3 is 2.74 bits per heavy atom. The summed E-state index contributed by atoms with van der Waals surface area (Å²) in [4.78, 5) is 16.0. The Labute approximate surface area is 115 Å². The van der Waals surface area contributed by atoms with E-state index in [1.54, 1.807) is 12.3 Å². The van der Waals surface area contributed by atoms with Gasteiger partial charge in [-0.05, 0) is 25.5 Å². The molecule has 0 fully saturated rings. The van der Waals surface area contributed by atoms with Crippen molar-refractivity contribution in [3.8, 4) is 0 Å². The number of amides is 1. The third-order valence-corrected chi connectivity index (χ3v) is 3.35. The molecular weight excluding hydrogens is 262 g/mol. The van der Waals surface area contributed by atoms with Crippen molar-refractivity contribution in [1.82, 2.24) is 15.2 Å². The third-order valence-electron chi connectivity index (χ3n) is 2.37. The van der Waals surface area contributed by atoms with Gasteiger partial charge in [0.25, 0.3) is 5.91 Å². The summed E-state index contributed by atoms with van der Waals surface area (Å²) in [6.45, 7) is 4.81. The van der Waals surface area contributed by atoms with Crippen molar-refractivity contribution in [3.63, 3.8) is 0 Å². The molecule has 0 aliphatic rings. The molecule has 0 spiro atoms. The molecule has 2 N–H and O–H groups in total. The fourth-order valence-electron chi connectivity index (χ4n) is 1.45. The molecule has 2 aromatic heterocycles. The molecule has 0 saturated heterocycles. The maximum Gasteiger partial charge on any atom is 0.276 e. The predicted molar refractivity (Wildman–Crippen MR) is 75.6 cm³/mol. The van der Waals surface area contributed by atoms with Crippen molar-refractivity contribution in [2.75, 3.05) is 17.2 Å². The number of rotatable bonds is 5. The molecule has 7 heteroatoms. The SMILES string of the molecule is CCNc1ccc(C(=O)Nc2nnc(CC)s2)nc1. The molecule has 0 unspecified atom stereocenters. The van der Waals surface area contributed by atoms with E-state index in [1.165, 1.54) is 11.3 Å². The van der Waals surface area contributed by atoms with Crippen LogP contribution in [0, 0.1) is 0 Å². The number of carbonyl (C=O) groups excluding carboxylic acids is 1. The molecule has 0 aromatic carbocycles. The van der Waals surface area contributed by atoms with Gasteiger partial charge in [0.1, 0.15) is 10.7 Å². The molecule has 0 atom stereocenters. The molecule has 2 heterocycles. The van der Waals surface area contributed by atoms with E-state index < -0.39 is 0 Å². The molecule has 100 valence electrons. The lowest BCUT2D eigenvalue weighted by atomic mass is 10.3. The molecule has 0 saturated carbocycles. The second-order valence-corrected chi connectivity index (χ2v) is 4.83. The lowest BCUT2D eigenvalue weighted by Crippen LogP contribution is -2.13. The fraction of sp³-hybridized carbons (Fsp3) is 0.333. The Balaban J connectivity index is 2.02. The zero-order valence-electron chi connectivity index (χ0n) is 10.8. The highest BCUT2D eigenvalue weighted by Gasteiger charge is 2.10. The minimum atomic E-state index is -0.276. The molecule has 6 nitrogen and oxygen atoms in total. The summed E-state index contributed by atoms with van der Waals surface area (Å²) >= 11 is 1.37. The lowest BCUT2D eigenvalue weighted by molar-refractivity contribution is 0.102. The Kier molecular flexibility index (Phi) is 4.40. The first-order valence-electron chi connectivity index (χ1n) is 6.06. The molecule has 0 bridgehead atoms. The van der Waals surface area contributed by atoms with Crippen molar-refractivity contribution < 1.29 is 4.79 Å². The topological polar surface area (TPSA) is 79.8 Å². The van der Waals surface area contributed by atoms with Crippen LogP contribution >= 0.6 is 11.3 Å². The molecular formula is C12H15N5OS. The number of carbonyl (C=O) groups is 1. The number of hydrogen-bond donors (Lipinski definition) is 2. The van der Waals surface area contributed by atoms with Gasteiger partial charge in [0.2, 0.25) is 5.13 Å². The average Bonchev–Trinajstić information content (AvgIpc) is 2.87. The highest BCUT2D eigenvalue weighted by Crippen LogP contribution is 2.16. The summed E-state index contributed by atoms with van der Waals surface area (Å²) in [6.07, 6.45) is 2.44. The molecule has 0 aliphatic carbocycles. The third kappa shape index (κ3) is 3.47. The Hall–Kier alpha value is -2.02. The first-order valence-corrected chi connectivity index (χ1v) is 6.88. The zero-order valence-corrected chi connectivity index (χ0v) is 11.6. The summed E-state index contributed by atoms with van der Waals surface area (Å²) in [5.41, 5.74) is 1.25. The van der Waals surface area contributed by atoms with Crippen LogP contribution in [0.2, 0.25) is 0 Å². The van der Waals surface area contributed by atoms with Crippen LogP contribution in [-0.4, -0.2) is 27.6 Å². The van der Waals surface area contributed by atoms with E-state index in [2.05, 4.69) is 25.8 Å². The normalized spacial score (nSPS) is 10.2. The fourth-order valence-corrected chi connectivity index (χ4v) is 2.12. The van der Waals surface area contributed by atoms with Gasteiger partial charge >= 0.3 is 0 Å². The second kappa shape index (κ2) is 6.24. The lowest BCUT2D eigenvalue weighted by Gasteiger charge is -2.03. The molecule has 2 aromatic rings. The molecule has 0 radical (unpaired) electrons. The van der Waals surface area contributed by atoms with Crippen molar-refractivity contribution in [2.45, 2.75) is 20.3 Å². The number of hydrogen-bond acceptors (Lipinski definition) is 6. The van der Waals surface area contributed by atoms with Crippen LogP contribution in [0.3, 0.4) is 0 Å². The summed E-state index contributed by atoms with van der Waals surface area (Å²) < 4.78 is 0. The maximum atomic E-state index is 11.9. The van der Waals surface area contributed by atoms with Crippen LogP contribution in [0.15, 0.2) is 18.3 Å². The molecule has 2 rings (SSSR count). The predicted octanol–water partition coefficient (Wildman–Crippen LogP) is 2.18. The first kappa shape index (κ1) is 13.4. The highest BCUT2D eigenvalue weighted by atomic mass is 32.1.